The summed E-state index contributed by atoms with van der Waals surface area (Å²) in [6, 6.07) is 9.68. The van der Waals surface area contributed by atoms with Crippen molar-refractivity contribution in [3.8, 4) is 11.1 Å². The lowest BCUT2D eigenvalue weighted by Gasteiger charge is -2.20. The molecule has 6 nitrogen and oxygen atoms in total. The SMILES string of the molecule is Nc1nc(N)c2c(-c3ccccc3)c3c(nc2n1)CCCC3=O. The van der Waals surface area contributed by atoms with Crippen LogP contribution in [0.4, 0.5) is 11.8 Å². The fourth-order valence-corrected chi connectivity index (χ4v) is 3.17. The molecule has 4 N–H and O–H groups in total. The van der Waals surface area contributed by atoms with Crippen molar-refractivity contribution in [2.75, 3.05) is 11.5 Å². The Kier molecular flexibility index (Phi) is 2.97. The number of Topliss-reactive ketones (excluding diaryl/α,β-unsaturated/α-hetero) is 1. The van der Waals surface area contributed by atoms with E-state index in [0.29, 0.717) is 23.0 Å². The molecule has 3 aromatic rings. The summed E-state index contributed by atoms with van der Waals surface area (Å²) in [6.07, 6.45) is 2.07. The van der Waals surface area contributed by atoms with Crippen LogP contribution in [0.1, 0.15) is 28.9 Å². The number of ketones is 1. The molecule has 114 valence electrons. The molecule has 2 heterocycles. The zero-order chi connectivity index (χ0) is 16.0. The summed E-state index contributed by atoms with van der Waals surface area (Å²) < 4.78 is 0. The summed E-state index contributed by atoms with van der Waals surface area (Å²) in [6.45, 7) is 0. The van der Waals surface area contributed by atoms with Crippen molar-refractivity contribution in [3.63, 3.8) is 0 Å². The molecule has 4 rings (SSSR count). The first kappa shape index (κ1) is 13.6. The highest BCUT2D eigenvalue weighted by Crippen LogP contribution is 2.38. The van der Waals surface area contributed by atoms with Gasteiger partial charge in [-0.1, -0.05) is 30.3 Å². The molecule has 0 saturated heterocycles. The average molecular weight is 305 g/mol. The number of nitrogen functional groups attached to an aromatic ring is 2. The van der Waals surface area contributed by atoms with E-state index in [1.165, 1.54) is 0 Å². The zero-order valence-corrected chi connectivity index (χ0v) is 12.4. The smallest absolute Gasteiger partial charge is 0.224 e. The van der Waals surface area contributed by atoms with E-state index < -0.39 is 0 Å². The molecule has 0 spiro atoms. The van der Waals surface area contributed by atoms with Gasteiger partial charge in [0.1, 0.15) is 5.82 Å². The van der Waals surface area contributed by atoms with Gasteiger partial charge in [0.15, 0.2) is 11.4 Å². The summed E-state index contributed by atoms with van der Waals surface area (Å²) in [4.78, 5) is 25.4. The number of pyridine rings is 1. The van der Waals surface area contributed by atoms with Crippen LogP contribution in [0.15, 0.2) is 30.3 Å². The predicted octanol–water partition coefficient (Wildman–Crippen LogP) is 2.38. The van der Waals surface area contributed by atoms with Gasteiger partial charge in [-0.05, 0) is 18.4 Å². The first-order chi connectivity index (χ1) is 11.1. The summed E-state index contributed by atoms with van der Waals surface area (Å²) >= 11 is 0. The number of fused-ring (bicyclic) bond motifs is 2. The monoisotopic (exact) mass is 305 g/mol. The van der Waals surface area contributed by atoms with Gasteiger partial charge < -0.3 is 11.5 Å². The maximum absolute atomic E-state index is 12.6. The first-order valence-electron chi connectivity index (χ1n) is 7.49. The van der Waals surface area contributed by atoms with Gasteiger partial charge in [-0.15, -0.1) is 0 Å². The van der Waals surface area contributed by atoms with Gasteiger partial charge in [-0.3, -0.25) is 4.79 Å². The molecule has 1 aliphatic rings. The standard InChI is InChI=1S/C17H15N5O/c18-15-14-12(9-5-2-1-3-6-9)13-10(7-4-8-11(13)23)20-16(14)22-17(19)21-15/h1-3,5-6H,4,7-8H2,(H4,18,19,20,21,22). The predicted molar refractivity (Wildman–Crippen MR) is 88.9 cm³/mol. The molecular weight excluding hydrogens is 290 g/mol. The van der Waals surface area contributed by atoms with E-state index >= 15 is 0 Å². The number of nitrogens with two attached hydrogens (primary N) is 2. The average Bonchev–Trinajstić information content (AvgIpc) is 2.54. The molecule has 0 aliphatic heterocycles. The normalized spacial score (nSPS) is 14.0. The maximum Gasteiger partial charge on any atom is 0.224 e. The fourth-order valence-electron chi connectivity index (χ4n) is 3.17. The highest BCUT2D eigenvalue weighted by molar-refractivity contribution is 6.13. The van der Waals surface area contributed by atoms with Crippen molar-refractivity contribution in [3.05, 3.63) is 41.6 Å². The van der Waals surface area contributed by atoms with Crippen LogP contribution in [0.5, 0.6) is 0 Å². The zero-order valence-electron chi connectivity index (χ0n) is 12.4. The Morgan fingerprint density at radius 1 is 0.913 bits per heavy atom. The Labute approximate surface area is 132 Å². The molecule has 0 fully saturated rings. The number of carbonyl (C=O) groups is 1. The fraction of sp³-hybridized carbons (Fsp3) is 0.176. The molecule has 0 bridgehead atoms. The lowest BCUT2D eigenvalue weighted by Crippen LogP contribution is -2.16. The lowest BCUT2D eigenvalue weighted by atomic mass is 9.86. The number of benzene rings is 1. The summed E-state index contributed by atoms with van der Waals surface area (Å²) in [7, 11) is 0. The van der Waals surface area contributed by atoms with Crippen molar-refractivity contribution >= 4 is 28.6 Å². The van der Waals surface area contributed by atoms with E-state index in [9.17, 15) is 4.79 Å². The van der Waals surface area contributed by atoms with Crippen LogP contribution in [0.2, 0.25) is 0 Å². The van der Waals surface area contributed by atoms with Crippen LogP contribution in [0.3, 0.4) is 0 Å². The van der Waals surface area contributed by atoms with Crippen molar-refractivity contribution in [2.45, 2.75) is 19.3 Å². The Bertz CT molecular complexity index is 937. The number of aromatic nitrogens is 3. The van der Waals surface area contributed by atoms with E-state index in [0.717, 1.165) is 29.7 Å². The molecule has 0 amide bonds. The van der Waals surface area contributed by atoms with E-state index in [2.05, 4.69) is 15.0 Å². The minimum atomic E-state index is 0.0867. The minimum Gasteiger partial charge on any atom is -0.383 e. The van der Waals surface area contributed by atoms with Gasteiger partial charge in [0, 0.05) is 17.5 Å². The molecule has 2 aromatic heterocycles. The Morgan fingerprint density at radius 3 is 2.48 bits per heavy atom. The molecule has 0 radical (unpaired) electrons. The van der Waals surface area contributed by atoms with Gasteiger partial charge in [0.25, 0.3) is 0 Å². The van der Waals surface area contributed by atoms with Gasteiger partial charge in [0.05, 0.1) is 11.1 Å². The van der Waals surface area contributed by atoms with Crippen LogP contribution < -0.4 is 11.5 Å². The lowest BCUT2D eigenvalue weighted by molar-refractivity contribution is 0.0972. The number of carbonyl (C=O) groups excluding carboxylic acids is 1. The van der Waals surface area contributed by atoms with Crippen molar-refractivity contribution in [2.24, 2.45) is 0 Å². The number of anilines is 2. The summed E-state index contributed by atoms with van der Waals surface area (Å²) in [5.41, 5.74) is 15.3. The number of rotatable bonds is 1. The summed E-state index contributed by atoms with van der Waals surface area (Å²) in [5.74, 6) is 0.430. The van der Waals surface area contributed by atoms with Crippen LogP contribution in [-0.2, 0) is 6.42 Å². The third kappa shape index (κ3) is 2.11. The highest BCUT2D eigenvalue weighted by Gasteiger charge is 2.27. The molecule has 6 heteroatoms. The van der Waals surface area contributed by atoms with E-state index in [1.54, 1.807) is 0 Å². The quantitative estimate of drug-likeness (QED) is 0.714. The number of aryl methyl sites for hydroxylation is 1. The third-order valence-electron chi connectivity index (χ3n) is 4.12. The van der Waals surface area contributed by atoms with Gasteiger partial charge in [0.2, 0.25) is 5.95 Å². The second kappa shape index (κ2) is 5.01. The third-order valence-corrected chi connectivity index (χ3v) is 4.12. The Balaban J connectivity index is 2.20. The molecule has 0 atom stereocenters. The number of nitrogens with zero attached hydrogens (tertiary/aromatic N) is 3. The molecule has 1 aromatic carbocycles. The molecular formula is C17H15N5O. The molecule has 23 heavy (non-hydrogen) atoms. The minimum absolute atomic E-state index is 0.0867. The van der Waals surface area contributed by atoms with Crippen molar-refractivity contribution in [1.29, 1.82) is 0 Å². The molecule has 0 saturated carbocycles. The second-order valence-corrected chi connectivity index (χ2v) is 5.62. The van der Waals surface area contributed by atoms with Gasteiger partial charge >= 0.3 is 0 Å². The highest BCUT2D eigenvalue weighted by atomic mass is 16.1. The van der Waals surface area contributed by atoms with Crippen LogP contribution in [-0.4, -0.2) is 20.7 Å². The van der Waals surface area contributed by atoms with Crippen molar-refractivity contribution in [1.82, 2.24) is 15.0 Å². The Morgan fingerprint density at radius 2 is 1.70 bits per heavy atom. The van der Waals surface area contributed by atoms with E-state index in [-0.39, 0.29) is 17.5 Å². The van der Waals surface area contributed by atoms with Crippen LogP contribution in [0.25, 0.3) is 22.2 Å². The molecule has 1 aliphatic carbocycles. The van der Waals surface area contributed by atoms with Crippen LogP contribution in [0, 0.1) is 0 Å². The van der Waals surface area contributed by atoms with Gasteiger partial charge in [-0.25, -0.2) is 4.98 Å². The second-order valence-electron chi connectivity index (χ2n) is 5.62. The van der Waals surface area contributed by atoms with Crippen LogP contribution >= 0.6 is 0 Å². The number of hydrogen-bond donors (Lipinski definition) is 2. The first-order valence-corrected chi connectivity index (χ1v) is 7.49. The Hall–Kier alpha value is -3.02. The largest absolute Gasteiger partial charge is 0.383 e. The van der Waals surface area contributed by atoms with Gasteiger partial charge in [-0.2, -0.15) is 9.97 Å². The summed E-state index contributed by atoms with van der Waals surface area (Å²) in [5, 5.41) is 0.597. The van der Waals surface area contributed by atoms with E-state index in [1.807, 2.05) is 30.3 Å². The van der Waals surface area contributed by atoms with E-state index in [4.69, 9.17) is 11.5 Å². The van der Waals surface area contributed by atoms with Crippen molar-refractivity contribution < 1.29 is 4.79 Å². The topological polar surface area (TPSA) is 108 Å². The number of hydrogen-bond acceptors (Lipinski definition) is 6. The molecule has 0 unspecified atom stereocenters. The maximum atomic E-state index is 12.6.